The van der Waals surface area contributed by atoms with Gasteiger partial charge in [0.1, 0.15) is 11.5 Å². The molecule has 3 rings (SSSR count). The molecule has 1 aliphatic rings. The number of carbonyl (C=O) groups is 1. The molecular weight excluding hydrogens is 442 g/mol. The quantitative estimate of drug-likeness (QED) is 0.454. The summed E-state index contributed by atoms with van der Waals surface area (Å²) >= 11 is 4.90. The third-order valence-electron chi connectivity index (χ3n) is 3.96. The molecule has 0 atom stereocenters. The highest BCUT2D eigenvalue weighted by Gasteiger charge is 2.28. The van der Waals surface area contributed by atoms with Crippen molar-refractivity contribution in [2.75, 3.05) is 19.5 Å². The number of thioether (sulfide) groups is 1. The minimum atomic E-state index is 0.0217. The Morgan fingerprint density at radius 3 is 2.71 bits per heavy atom. The minimum Gasteiger partial charge on any atom is -0.497 e. The van der Waals surface area contributed by atoms with Crippen LogP contribution in [0.1, 0.15) is 18.1 Å². The average molecular weight is 462 g/mol. The summed E-state index contributed by atoms with van der Waals surface area (Å²) < 4.78 is 11.5. The SMILES string of the molecule is CCOc1ccc(CN2C(=O)CS/C2=N/N=C\c2ccc(OC)cc2)cc1Br. The molecule has 2 aromatic rings. The topological polar surface area (TPSA) is 63.5 Å². The Hall–Kier alpha value is -2.32. The van der Waals surface area contributed by atoms with Crippen molar-refractivity contribution in [2.45, 2.75) is 13.5 Å². The Morgan fingerprint density at radius 1 is 1.25 bits per heavy atom. The van der Waals surface area contributed by atoms with Crippen molar-refractivity contribution >= 4 is 45.0 Å². The summed E-state index contributed by atoms with van der Waals surface area (Å²) in [7, 11) is 1.63. The first kappa shape index (κ1) is 20.4. The predicted molar refractivity (Wildman–Crippen MR) is 116 cm³/mol. The van der Waals surface area contributed by atoms with Gasteiger partial charge < -0.3 is 9.47 Å². The second-order valence-electron chi connectivity index (χ2n) is 5.87. The first-order valence-electron chi connectivity index (χ1n) is 8.70. The van der Waals surface area contributed by atoms with Crippen molar-refractivity contribution in [2.24, 2.45) is 10.2 Å². The number of ether oxygens (including phenoxy) is 2. The van der Waals surface area contributed by atoms with E-state index < -0.39 is 0 Å². The molecule has 1 amide bonds. The Bertz CT molecular complexity index is 900. The van der Waals surface area contributed by atoms with Gasteiger partial charge in [0.25, 0.3) is 0 Å². The maximum atomic E-state index is 12.3. The molecule has 1 fully saturated rings. The van der Waals surface area contributed by atoms with Gasteiger partial charge in [0.15, 0.2) is 5.17 Å². The molecule has 1 aliphatic heterocycles. The fourth-order valence-corrected chi connectivity index (χ4v) is 3.94. The van der Waals surface area contributed by atoms with Gasteiger partial charge in [-0.1, -0.05) is 17.8 Å². The summed E-state index contributed by atoms with van der Waals surface area (Å²) in [6.07, 6.45) is 1.65. The van der Waals surface area contributed by atoms with Crippen LogP contribution in [0.5, 0.6) is 11.5 Å². The van der Waals surface area contributed by atoms with E-state index in [0.29, 0.717) is 24.1 Å². The Labute approximate surface area is 176 Å². The van der Waals surface area contributed by atoms with Gasteiger partial charge in [-0.05, 0) is 70.4 Å². The first-order valence-corrected chi connectivity index (χ1v) is 10.5. The zero-order valence-electron chi connectivity index (χ0n) is 15.6. The average Bonchev–Trinajstić information content (AvgIpc) is 3.04. The Kier molecular flexibility index (Phi) is 7.11. The van der Waals surface area contributed by atoms with Gasteiger partial charge >= 0.3 is 0 Å². The van der Waals surface area contributed by atoms with E-state index >= 15 is 0 Å². The van der Waals surface area contributed by atoms with Gasteiger partial charge in [0.05, 0.1) is 36.7 Å². The molecule has 146 valence electrons. The number of carbonyl (C=O) groups excluding carboxylic acids is 1. The number of rotatable bonds is 7. The summed E-state index contributed by atoms with van der Waals surface area (Å²) in [5.74, 6) is 1.96. The van der Waals surface area contributed by atoms with Gasteiger partial charge in [0, 0.05) is 0 Å². The summed E-state index contributed by atoms with van der Waals surface area (Å²) in [6.45, 7) is 2.98. The molecule has 28 heavy (non-hydrogen) atoms. The van der Waals surface area contributed by atoms with Crippen LogP contribution in [0.2, 0.25) is 0 Å². The molecular formula is C20H20BrN3O3S. The van der Waals surface area contributed by atoms with Gasteiger partial charge in [-0.3, -0.25) is 9.69 Å². The predicted octanol–water partition coefficient (Wildman–Crippen LogP) is 4.32. The van der Waals surface area contributed by atoms with Crippen LogP contribution in [0.15, 0.2) is 57.1 Å². The third-order valence-corrected chi connectivity index (χ3v) is 5.53. The molecule has 1 saturated heterocycles. The van der Waals surface area contributed by atoms with Gasteiger partial charge in [0.2, 0.25) is 5.91 Å². The summed E-state index contributed by atoms with van der Waals surface area (Å²) in [5.41, 5.74) is 1.89. The smallest absolute Gasteiger partial charge is 0.239 e. The molecule has 0 saturated carbocycles. The van der Waals surface area contributed by atoms with E-state index in [-0.39, 0.29) is 5.91 Å². The van der Waals surface area contributed by atoms with Crippen LogP contribution in [0.3, 0.4) is 0 Å². The molecule has 0 aliphatic carbocycles. The van der Waals surface area contributed by atoms with Gasteiger partial charge in [-0.15, -0.1) is 5.10 Å². The fraction of sp³-hybridized carbons (Fsp3) is 0.250. The van der Waals surface area contributed by atoms with Crippen LogP contribution in [0.4, 0.5) is 0 Å². The fourth-order valence-electron chi connectivity index (χ4n) is 2.56. The van der Waals surface area contributed by atoms with Crippen LogP contribution in [-0.2, 0) is 11.3 Å². The lowest BCUT2D eigenvalue weighted by Gasteiger charge is -2.16. The number of nitrogens with zero attached hydrogens (tertiary/aromatic N) is 3. The number of hydrogen-bond donors (Lipinski definition) is 0. The maximum Gasteiger partial charge on any atom is 0.239 e. The molecule has 8 heteroatoms. The summed E-state index contributed by atoms with van der Waals surface area (Å²) in [6, 6.07) is 13.3. The standard InChI is InChI=1S/C20H20BrN3O3S/c1-3-27-18-9-6-15(10-17(18)21)12-24-19(25)13-28-20(24)23-22-11-14-4-7-16(26-2)8-5-14/h4-11H,3,12-13H2,1-2H3/b22-11-,23-20+. The van der Waals surface area contributed by atoms with Crippen LogP contribution >= 0.6 is 27.7 Å². The molecule has 0 aromatic heterocycles. The van der Waals surface area contributed by atoms with Crippen molar-refractivity contribution in [1.29, 1.82) is 0 Å². The molecule has 0 bridgehead atoms. The molecule has 0 unspecified atom stereocenters. The molecule has 2 aromatic carbocycles. The van der Waals surface area contributed by atoms with E-state index in [1.165, 1.54) is 11.8 Å². The van der Waals surface area contributed by atoms with Crippen molar-refractivity contribution in [1.82, 2.24) is 4.90 Å². The molecule has 0 radical (unpaired) electrons. The number of amides is 1. The summed E-state index contributed by atoms with van der Waals surface area (Å²) in [5, 5.41) is 8.98. The molecule has 1 heterocycles. The van der Waals surface area contributed by atoms with E-state index in [1.807, 2.05) is 49.4 Å². The number of benzene rings is 2. The van der Waals surface area contributed by atoms with Crippen LogP contribution in [0.25, 0.3) is 0 Å². The first-order chi connectivity index (χ1) is 13.6. The highest BCUT2D eigenvalue weighted by atomic mass is 79.9. The maximum absolute atomic E-state index is 12.3. The second-order valence-corrected chi connectivity index (χ2v) is 7.66. The second kappa shape index (κ2) is 9.75. The third kappa shape index (κ3) is 5.14. The Balaban J connectivity index is 1.70. The largest absolute Gasteiger partial charge is 0.497 e. The highest BCUT2D eigenvalue weighted by Crippen LogP contribution is 2.28. The number of methoxy groups -OCH3 is 1. The lowest BCUT2D eigenvalue weighted by molar-refractivity contribution is -0.124. The normalized spacial score (nSPS) is 15.6. The van der Waals surface area contributed by atoms with Crippen molar-refractivity contribution in [3.05, 3.63) is 58.1 Å². The van der Waals surface area contributed by atoms with E-state index in [4.69, 9.17) is 9.47 Å². The van der Waals surface area contributed by atoms with Crippen molar-refractivity contribution in [3.63, 3.8) is 0 Å². The molecule has 6 nitrogen and oxygen atoms in total. The zero-order chi connectivity index (χ0) is 19.9. The van der Waals surface area contributed by atoms with E-state index in [1.54, 1.807) is 18.2 Å². The molecule has 0 spiro atoms. The van der Waals surface area contributed by atoms with Crippen LogP contribution in [-0.4, -0.2) is 41.7 Å². The lowest BCUT2D eigenvalue weighted by Crippen LogP contribution is -2.28. The minimum absolute atomic E-state index is 0.0217. The number of amidine groups is 1. The van der Waals surface area contributed by atoms with E-state index in [2.05, 4.69) is 26.1 Å². The van der Waals surface area contributed by atoms with Crippen LogP contribution in [0, 0.1) is 0 Å². The van der Waals surface area contributed by atoms with Gasteiger partial charge in [-0.2, -0.15) is 5.10 Å². The van der Waals surface area contributed by atoms with Gasteiger partial charge in [-0.25, -0.2) is 0 Å². The zero-order valence-corrected chi connectivity index (χ0v) is 18.0. The number of hydrogen-bond acceptors (Lipinski definition) is 6. The lowest BCUT2D eigenvalue weighted by atomic mass is 10.2. The monoisotopic (exact) mass is 461 g/mol. The van der Waals surface area contributed by atoms with E-state index in [0.717, 1.165) is 27.1 Å². The number of halogens is 1. The van der Waals surface area contributed by atoms with E-state index in [9.17, 15) is 4.79 Å². The molecule has 0 N–H and O–H groups in total. The van der Waals surface area contributed by atoms with Crippen molar-refractivity contribution in [3.8, 4) is 11.5 Å². The van der Waals surface area contributed by atoms with Crippen LogP contribution < -0.4 is 9.47 Å². The summed E-state index contributed by atoms with van der Waals surface area (Å²) in [4.78, 5) is 13.9. The highest BCUT2D eigenvalue weighted by molar-refractivity contribution is 9.10. The van der Waals surface area contributed by atoms with Crippen molar-refractivity contribution < 1.29 is 14.3 Å². The Morgan fingerprint density at radius 2 is 2.04 bits per heavy atom.